The van der Waals surface area contributed by atoms with E-state index in [9.17, 15) is 9.90 Å². The summed E-state index contributed by atoms with van der Waals surface area (Å²) in [6.45, 7) is 4.57. The van der Waals surface area contributed by atoms with E-state index in [1.807, 2.05) is 12.1 Å². The molecule has 2 aliphatic rings. The third kappa shape index (κ3) is 2.20. The number of Topliss-reactive ketones (excluding diaryl/α,β-unsaturated/α-hetero) is 1. The number of benzene rings is 1. The fourth-order valence-electron chi connectivity index (χ4n) is 4.84. The van der Waals surface area contributed by atoms with Crippen LogP contribution in [0.4, 0.5) is 0 Å². The van der Waals surface area contributed by atoms with Gasteiger partial charge in [-0.2, -0.15) is 0 Å². The number of phenolic OH excluding ortho intramolecular Hbond substituents is 1. The van der Waals surface area contributed by atoms with Crippen molar-refractivity contribution in [2.75, 3.05) is 0 Å². The highest BCUT2D eigenvalue weighted by molar-refractivity contribution is 5.81. The highest BCUT2D eigenvalue weighted by Crippen LogP contribution is 2.59. The molecule has 0 aromatic heterocycles. The maximum Gasteiger partial charge on any atom is 0.133 e. The lowest BCUT2D eigenvalue weighted by molar-refractivity contribution is -0.127. The fraction of sp³-hybridized carbons (Fsp3) is 0.632. The summed E-state index contributed by atoms with van der Waals surface area (Å²) >= 11 is 0. The van der Waals surface area contributed by atoms with Gasteiger partial charge in [-0.05, 0) is 54.4 Å². The lowest BCUT2D eigenvalue weighted by Crippen LogP contribution is -2.51. The number of ketones is 1. The Morgan fingerprint density at radius 2 is 2.05 bits per heavy atom. The first-order valence-electron chi connectivity index (χ1n) is 8.35. The summed E-state index contributed by atoms with van der Waals surface area (Å²) < 4.78 is 0. The lowest BCUT2D eigenvalue weighted by atomic mass is 9.47. The highest BCUT2D eigenvalue weighted by atomic mass is 16.3. The summed E-state index contributed by atoms with van der Waals surface area (Å²) in [6, 6.07) is 5.90. The summed E-state index contributed by atoms with van der Waals surface area (Å²) in [6.07, 6.45) is 8.07. The van der Waals surface area contributed by atoms with Crippen LogP contribution in [0.1, 0.15) is 69.9 Å². The van der Waals surface area contributed by atoms with Crippen LogP contribution in [0.25, 0.3) is 0 Å². The Bertz CT molecular complexity index is 563. The molecular weight excluding hydrogens is 260 g/mol. The quantitative estimate of drug-likeness (QED) is 0.886. The van der Waals surface area contributed by atoms with E-state index in [1.165, 1.54) is 30.4 Å². The monoisotopic (exact) mass is 286 g/mol. The molecule has 1 saturated carbocycles. The molecule has 0 heterocycles. The van der Waals surface area contributed by atoms with Gasteiger partial charge >= 0.3 is 0 Å². The number of hydrogen-bond acceptors (Lipinski definition) is 2. The molecule has 1 fully saturated rings. The molecule has 0 spiro atoms. The van der Waals surface area contributed by atoms with Gasteiger partial charge in [0.15, 0.2) is 0 Å². The summed E-state index contributed by atoms with van der Waals surface area (Å²) in [5, 5.41) is 9.80. The smallest absolute Gasteiger partial charge is 0.133 e. The van der Waals surface area contributed by atoms with Gasteiger partial charge in [-0.1, -0.05) is 32.8 Å². The Hall–Kier alpha value is -1.31. The average molecular weight is 286 g/mol. The second-order valence-corrected chi connectivity index (χ2v) is 7.30. The number of carbonyl (C=O) groups is 1. The number of carbonyl (C=O) groups excluding carboxylic acids is 1. The summed E-state index contributed by atoms with van der Waals surface area (Å²) in [5.41, 5.74) is 2.95. The second-order valence-electron chi connectivity index (χ2n) is 7.30. The second kappa shape index (κ2) is 5.15. The zero-order valence-electron chi connectivity index (χ0n) is 13.2. The molecular formula is C19H26O2. The Kier molecular flexibility index (Phi) is 3.59. The van der Waals surface area contributed by atoms with E-state index in [4.69, 9.17) is 0 Å². The first-order valence-corrected chi connectivity index (χ1v) is 8.35. The van der Waals surface area contributed by atoms with E-state index < -0.39 is 0 Å². The van der Waals surface area contributed by atoms with Crippen LogP contribution in [-0.4, -0.2) is 10.9 Å². The number of unbranched alkanes of at least 4 members (excludes halogenated alkanes) is 1. The summed E-state index contributed by atoms with van der Waals surface area (Å²) in [7, 11) is 0. The van der Waals surface area contributed by atoms with Crippen molar-refractivity contribution >= 4 is 5.78 Å². The van der Waals surface area contributed by atoms with E-state index in [2.05, 4.69) is 19.9 Å². The minimum Gasteiger partial charge on any atom is -0.508 e. The Morgan fingerprint density at radius 3 is 2.81 bits per heavy atom. The minimum absolute atomic E-state index is 0.0987. The molecule has 21 heavy (non-hydrogen) atoms. The Labute approximate surface area is 127 Å². The van der Waals surface area contributed by atoms with Crippen molar-refractivity contribution in [3.05, 3.63) is 29.3 Å². The van der Waals surface area contributed by atoms with Gasteiger partial charge < -0.3 is 5.11 Å². The normalized spacial score (nSPS) is 31.6. The Morgan fingerprint density at radius 1 is 1.24 bits per heavy atom. The molecule has 2 aliphatic carbocycles. The van der Waals surface area contributed by atoms with Gasteiger partial charge in [0.1, 0.15) is 11.5 Å². The first-order chi connectivity index (χ1) is 10.0. The van der Waals surface area contributed by atoms with Crippen molar-refractivity contribution in [1.29, 1.82) is 0 Å². The van der Waals surface area contributed by atoms with E-state index >= 15 is 0 Å². The van der Waals surface area contributed by atoms with Crippen molar-refractivity contribution in [2.45, 2.75) is 70.6 Å². The molecule has 0 aliphatic heterocycles. The maximum absolute atomic E-state index is 12.1. The molecule has 1 aromatic carbocycles. The zero-order chi connectivity index (χ0) is 15.1. The van der Waals surface area contributed by atoms with Crippen LogP contribution >= 0.6 is 0 Å². The van der Waals surface area contributed by atoms with Gasteiger partial charge in [0, 0.05) is 18.3 Å². The number of fused-ring (bicyclic) bond motifs is 3. The SMILES string of the molecule is CCCC[C@@]12CCC(=O)C[C@]1(C)CCc1cc(O)ccc12. The van der Waals surface area contributed by atoms with Gasteiger partial charge in [0.25, 0.3) is 0 Å². The topological polar surface area (TPSA) is 37.3 Å². The number of phenols is 1. The Balaban J connectivity index is 2.11. The van der Waals surface area contributed by atoms with Crippen LogP contribution in [0.3, 0.4) is 0 Å². The molecule has 1 N–H and O–H groups in total. The van der Waals surface area contributed by atoms with Gasteiger partial charge in [0.05, 0.1) is 0 Å². The molecule has 3 rings (SSSR count). The number of aryl methyl sites for hydroxylation is 1. The summed E-state index contributed by atoms with van der Waals surface area (Å²) in [5.74, 6) is 0.807. The van der Waals surface area contributed by atoms with Gasteiger partial charge in [-0.3, -0.25) is 4.79 Å². The van der Waals surface area contributed by atoms with Crippen molar-refractivity contribution < 1.29 is 9.90 Å². The molecule has 2 atom stereocenters. The van der Waals surface area contributed by atoms with Crippen molar-refractivity contribution in [1.82, 2.24) is 0 Å². The van der Waals surface area contributed by atoms with Gasteiger partial charge in [0.2, 0.25) is 0 Å². The van der Waals surface area contributed by atoms with Crippen molar-refractivity contribution in [3.63, 3.8) is 0 Å². The van der Waals surface area contributed by atoms with Gasteiger partial charge in [-0.25, -0.2) is 0 Å². The molecule has 1 aromatic rings. The molecule has 2 nitrogen and oxygen atoms in total. The largest absolute Gasteiger partial charge is 0.508 e. The van der Waals surface area contributed by atoms with Crippen LogP contribution in [0.5, 0.6) is 5.75 Å². The van der Waals surface area contributed by atoms with Crippen LogP contribution in [0.15, 0.2) is 18.2 Å². The summed E-state index contributed by atoms with van der Waals surface area (Å²) in [4.78, 5) is 12.1. The van der Waals surface area contributed by atoms with Crippen LogP contribution < -0.4 is 0 Å². The number of aromatic hydroxyl groups is 1. The molecule has 0 bridgehead atoms. The molecule has 0 amide bonds. The lowest BCUT2D eigenvalue weighted by Gasteiger charge is -2.56. The highest BCUT2D eigenvalue weighted by Gasteiger charge is 2.54. The van der Waals surface area contributed by atoms with Crippen LogP contribution in [0, 0.1) is 5.41 Å². The number of rotatable bonds is 3. The zero-order valence-corrected chi connectivity index (χ0v) is 13.2. The van der Waals surface area contributed by atoms with E-state index in [-0.39, 0.29) is 10.8 Å². The van der Waals surface area contributed by atoms with Gasteiger partial charge in [-0.15, -0.1) is 0 Å². The van der Waals surface area contributed by atoms with Crippen LogP contribution in [0.2, 0.25) is 0 Å². The molecule has 2 heteroatoms. The standard InChI is InChI=1S/C19H26O2/c1-3-4-9-19-11-8-16(21)13-18(19,2)10-7-14-12-15(20)5-6-17(14)19/h5-6,12,20H,3-4,7-11,13H2,1-2H3/t18-,19-/m0/s1. The fourth-order valence-corrected chi connectivity index (χ4v) is 4.84. The predicted octanol–water partition coefficient (Wildman–Crippen LogP) is 4.53. The van der Waals surface area contributed by atoms with E-state index in [1.54, 1.807) is 0 Å². The predicted molar refractivity (Wildman–Crippen MR) is 84.6 cm³/mol. The minimum atomic E-state index is 0.0987. The van der Waals surface area contributed by atoms with Crippen molar-refractivity contribution in [3.8, 4) is 5.75 Å². The molecule has 0 saturated heterocycles. The maximum atomic E-state index is 12.1. The molecule has 114 valence electrons. The van der Waals surface area contributed by atoms with Crippen molar-refractivity contribution in [2.24, 2.45) is 5.41 Å². The molecule has 0 radical (unpaired) electrons. The average Bonchev–Trinajstić information content (AvgIpc) is 2.45. The third-order valence-corrected chi connectivity index (χ3v) is 6.08. The van der Waals surface area contributed by atoms with E-state index in [0.717, 1.165) is 32.1 Å². The first kappa shape index (κ1) is 14.6. The van der Waals surface area contributed by atoms with Crippen LogP contribution in [-0.2, 0) is 16.6 Å². The number of hydrogen-bond donors (Lipinski definition) is 1. The third-order valence-electron chi connectivity index (χ3n) is 6.08. The molecule has 0 unspecified atom stereocenters. The van der Waals surface area contributed by atoms with E-state index in [0.29, 0.717) is 11.5 Å².